The first kappa shape index (κ1) is 14.8. The summed E-state index contributed by atoms with van der Waals surface area (Å²) in [6.07, 6.45) is 1.10. The van der Waals surface area contributed by atoms with Crippen molar-refractivity contribution in [2.75, 3.05) is 23.3 Å². The van der Waals surface area contributed by atoms with Crippen LogP contribution < -0.4 is 10.2 Å². The lowest BCUT2D eigenvalue weighted by molar-refractivity contribution is 0.808. The molecule has 0 aliphatic carbocycles. The highest BCUT2D eigenvalue weighted by molar-refractivity contribution is 7.15. The van der Waals surface area contributed by atoms with E-state index in [2.05, 4.69) is 65.5 Å². The Morgan fingerprint density at radius 2 is 2.00 bits per heavy atom. The first-order chi connectivity index (χ1) is 9.74. The van der Waals surface area contributed by atoms with Gasteiger partial charge in [-0.05, 0) is 31.9 Å². The van der Waals surface area contributed by atoms with Gasteiger partial charge in [0, 0.05) is 18.8 Å². The second kappa shape index (κ2) is 7.24. The normalized spacial score (nSPS) is 10.6. The summed E-state index contributed by atoms with van der Waals surface area (Å²) in [5.41, 5.74) is 2.57. The standard InChI is InChI=1S/C15H22N4S/c1-4-10-16-15-18-17-14(20-15)11-19(5-2)13-9-7-6-8-12(13)3/h6-9H,4-5,10-11H2,1-3H3,(H,16,18). The molecule has 1 heterocycles. The van der Waals surface area contributed by atoms with Crippen LogP contribution in [0, 0.1) is 6.92 Å². The van der Waals surface area contributed by atoms with E-state index in [1.165, 1.54) is 11.3 Å². The minimum atomic E-state index is 0.812. The van der Waals surface area contributed by atoms with Gasteiger partial charge in [-0.25, -0.2) is 0 Å². The van der Waals surface area contributed by atoms with Gasteiger partial charge in [0.2, 0.25) is 5.13 Å². The van der Waals surface area contributed by atoms with Crippen LogP contribution in [0.1, 0.15) is 30.8 Å². The summed E-state index contributed by atoms with van der Waals surface area (Å²) in [6.45, 7) is 9.18. The molecule has 0 amide bonds. The Bertz CT molecular complexity index is 538. The van der Waals surface area contributed by atoms with Gasteiger partial charge in [0.1, 0.15) is 5.01 Å². The largest absolute Gasteiger partial charge is 0.365 e. The van der Waals surface area contributed by atoms with Crippen LogP contribution in [0.5, 0.6) is 0 Å². The van der Waals surface area contributed by atoms with E-state index in [9.17, 15) is 0 Å². The van der Waals surface area contributed by atoms with Crippen LogP contribution in [0.2, 0.25) is 0 Å². The third kappa shape index (κ3) is 3.70. The molecule has 2 aromatic rings. The van der Waals surface area contributed by atoms with Gasteiger partial charge in [-0.1, -0.05) is 36.5 Å². The molecule has 0 radical (unpaired) electrons. The third-order valence-corrected chi connectivity index (χ3v) is 4.02. The molecule has 0 atom stereocenters. The number of nitrogens with one attached hydrogen (secondary N) is 1. The fourth-order valence-corrected chi connectivity index (χ4v) is 2.85. The van der Waals surface area contributed by atoms with Crippen LogP contribution >= 0.6 is 11.3 Å². The number of rotatable bonds is 7. The monoisotopic (exact) mass is 290 g/mol. The molecule has 20 heavy (non-hydrogen) atoms. The van der Waals surface area contributed by atoms with Gasteiger partial charge in [-0.3, -0.25) is 0 Å². The summed E-state index contributed by atoms with van der Waals surface area (Å²) < 4.78 is 0. The molecule has 0 unspecified atom stereocenters. The maximum absolute atomic E-state index is 4.28. The first-order valence-corrected chi connectivity index (χ1v) is 7.93. The summed E-state index contributed by atoms with van der Waals surface area (Å²) >= 11 is 1.64. The molecule has 0 bridgehead atoms. The third-order valence-electron chi connectivity index (χ3n) is 3.16. The molecule has 0 fully saturated rings. The van der Waals surface area contributed by atoms with E-state index < -0.39 is 0 Å². The highest BCUT2D eigenvalue weighted by Crippen LogP contribution is 2.23. The Kier molecular flexibility index (Phi) is 5.35. The van der Waals surface area contributed by atoms with Crippen LogP contribution in [0.25, 0.3) is 0 Å². The van der Waals surface area contributed by atoms with Crippen molar-refractivity contribution in [2.45, 2.75) is 33.7 Å². The molecular weight excluding hydrogens is 268 g/mol. The quantitative estimate of drug-likeness (QED) is 0.844. The zero-order valence-electron chi connectivity index (χ0n) is 12.4. The van der Waals surface area contributed by atoms with E-state index in [4.69, 9.17) is 0 Å². The van der Waals surface area contributed by atoms with Gasteiger partial charge < -0.3 is 10.2 Å². The van der Waals surface area contributed by atoms with Crippen molar-refractivity contribution in [1.29, 1.82) is 0 Å². The van der Waals surface area contributed by atoms with Gasteiger partial charge >= 0.3 is 0 Å². The topological polar surface area (TPSA) is 41.1 Å². The predicted molar refractivity (Wildman–Crippen MR) is 86.6 cm³/mol. The molecule has 1 aromatic heterocycles. The molecule has 1 aromatic carbocycles. The zero-order chi connectivity index (χ0) is 14.4. The van der Waals surface area contributed by atoms with E-state index in [1.807, 2.05) is 0 Å². The average Bonchev–Trinajstić information content (AvgIpc) is 2.91. The molecule has 0 spiro atoms. The second-order valence-electron chi connectivity index (χ2n) is 4.73. The first-order valence-electron chi connectivity index (χ1n) is 7.11. The molecule has 0 aliphatic heterocycles. The van der Waals surface area contributed by atoms with Crippen molar-refractivity contribution in [2.24, 2.45) is 0 Å². The number of aromatic nitrogens is 2. The zero-order valence-corrected chi connectivity index (χ0v) is 13.2. The van der Waals surface area contributed by atoms with Crippen LogP contribution in [0.15, 0.2) is 24.3 Å². The maximum Gasteiger partial charge on any atom is 0.205 e. The number of hydrogen-bond donors (Lipinski definition) is 1. The van der Waals surface area contributed by atoms with Gasteiger partial charge in [0.05, 0.1) is 6.54 Å². The number of nitrogens with zero attached hydrogens (tertiary/aromatic N) is 3. The van der Waals surface area contributed by atoms with Crippen molar-refractivity contribution in [3.05, 3.63) is 34.8 Å². The number of anilines is 2. The van der Waals surface area contributed by atoms with E-state index in [0.29, 0.717) is 0 Å². The van der Waals surface area contributed by atoms with Crippen molar-refractivity contribution < 1.29 is 0 Å². The van der Waals surface area contributed by atoms with E-state index in [0.717, 1.165) is 36.2 Å². The molecule has 5 heteroatoms. The van der Waals surface area contributed by atoms with Gasteiger partial charge in [0.15, 0.2) is 0 Å². The van der Waals surface area contributed by atoms with Crippen molar-refractivity contribution in [3.8, 4) is 0 Å². The summed E-state index contributed by atoms with van der Waals surface area (Å²) in [4.78, 5) is 2.33. The van der Waals surface area contributed by atoms with Crippen LogP contribution in [-0.4, -0.2) is 23.3 Å². The Morgan fingerprint density at radius 3 is 2.70 bits per heavy atom. The smallest absolute Gasteiger partial charge is 0.205 e. The minimum Gasteiger partial charge on any atom is -0.365 e. The second-order valence-corrected chi connectivity index (χ2v) is 5.79. The number of para-hydroxylation sites is 1. The number of hydrogen-bond acceptors (Lipinski definition) is 5. The summed E-state index contributed by atoms with van der Waals surface area (Å²) in [5, 5.41) is 13.7. The number of benzene rings is 1. The van der Waals surface area contributed by atoms with Crippen molar-refractivity contribution in [1.82, 2.24) is 10.2 Å². The Morgan fingerprint density at radius 1 is 1.20 bits per heavy atom. The van der Waals surface area contributed by atoms with E-state index >= 15 is 0 Å². The van der Waals surface area contributed by atoms with Crippen molar-refractivity contribution in [3.63, 3.8) is 0 Å². The molecule has 4 nitrogen and oxygen atoms in total. The molecule has 0 aliphatic rings. The van der Waals surface area contributed by atoms with Gasteiger partial charge in [-0.2, -0.15) is 0 Å². The molecule has 1 N–H and O–H groups in total. The molecular formula is C15H22N4S. The van der Waals surface area contributed by atoms with E-state index in [1.54, 1.807) is 11.3 Å². The van der Waals surface area contributed by atoms with E-state index in [-0.39, 0.29) is 0 Å². The summed E-state index contributed by atoms with van der Waals surface area (Å²) in [6, 6.07) is 8.46. The predicted octanol–water partition coefficient (Wildman–Crippen LogP) is 3.69. The van der Waals surface area contributed by atoms with Crippen LogP contribution in [0.3, 0.4) is 0 Å². The molecule has 0 saturated carbocycles. The van der Waals surface area contributed by atoms with Crippen LogP contribution in [0.4, 0.5) is 10.8 Å². The summed E-state index contributed by atoms with van der Waals surface area (Å²) in [7, 11) is 0. The van der Waals surface area contributed by atoms with Gasteiger partial charge in [0.25, 0.3) is 0 Å². The fourth-order valence-electron chi connectivity index (χ4n) is 2.07. The Labute approximate surface area is 124 Å². The minimum absolute atomic E-state index is 0.812. The average molecular weight is 290 g/mol. The van der Waals surface area contributed by atoms with Crippen LogP contribution in [-0.2, 0) is 6.54 Å². The highest BCUT2D eigenvalue weighted by Gasteiger charge is 2.11. The lowest BCUT2D eigenvalue weighted by Gasteiger charge is -2.23. The molecule has 0 saturated heterocycles. The van der Waals surface area contributed by atoms with Crippen molar-refractivity contribution >= 4 is 22.2 Å². The summed E-state index contributed by atoms with van der Waals surface area (Å²) in [5.74, 6) is 0. The fraction of sp³-hybridized carbons (Fsp3) is 0.467. The number of aryl methyl sites for hydroxylation is 1. The molecule has 108 valence electrons. The van der Waals surface area contributed by atoms with Gasteiger partial charge in [-0.15, -0.1) is 10.2 Å². The highest BCUT2D eigenvalue weighted by atomic mass is 32.1. The Balaban J connectivity index is 2.07. The lowest BCUT2D eigenvalue weighted by Crippen LogP contribution is -2.22. The molecule has 2 rings (SSSR count). The lowest BCUT2D eigenvalue weighted by atomic mass is 10.2. The SMILES string of the molecule is CCCNc1nnc(CN(CC)c2ccccc2C)s1. The Hall–Kier alpha value is -1.62. The maximum atomic E-state index is 4.28.